The largest absolute Gasteiger partial charge is 0.507 e. The number of fused-ring (bicyclic) bond motifs is 1. The quantitative estimate of drug-likeness (QED) is 0.366. The maximum absolute atomic E-state index is 13.3. The number of rotatable bonds is 7. The highest BCUT2D eigenvalue weighted by molar-refractivity contribution is 6.46. The molecule has 184 valence electrons. The first-order chi connectivity index (χ1) is 17.1. The van der Waals surface area contributed by atoms with E-state index < -0.39 is 17.7 Å². The van der Waals surface area contributed by atoms with Gasteiger partial charge in [0.1, 0.15) is 24.7 Å². The van der Waals surface area contributed by atoms with Crippen molar-refractivity contribution in [2.45, 2.75) is 38.3 Å². The molecule has 0 radical (unpaired) electrons. The summed E-state index contributed by atoms with van der Waals surface area (Å²) < 4.78 is 22.7. The van der Waals surface area contributed by atoms with Gasteiger partial charge in [-0.2, -0.15) is 0 Å². The van der Waals surface area contributed by atoms with Crippen LogP contribution in [0.15, 0.2) is 48.0 Å². The molecule has 0 aliphatic carbocycles. The van der Waals surface area contributed by atoms with Gasteiger partial charge < -0.3 is 29.0 Å². The van der Waals surface area contributed by atoms with Crippen LogP contribution in [-0.2, 0) is 14.3 Å². The highest BCUT2D eigenvalue weighted by Gasteiger charge is 2.47. The van der Waals surface area contributed by atoms with E-state index in [1.54, 1.807) is 18.2 Å². The van der Waals surface area contributed by atoms with Crippen molar-refractivity contribution in [1.82, 2.24) is 4.90 Å². The molecule has 8 nitrogen and oxygen atoms in total. The summed E-state index contributed by atoms with van der Waals surface area (Å²) in [5, 5.41) is 11.3. The number of aliphatic hydroxyl groups excluding tert-OH is 1. The second kappa shape index (κ2) is 10.00. The van der Waals surface area contributed by atoms with Crippen LogP contribution in [0.5, 0.6) is 17.2 Å². The highest BCUT2D eigenvalue weighted by Crippen LogP contribution is 2.42. The zero-order valence-corrected chi connectivity index (χ0v) is 19.7. The number of aliphatic hydroxyl groups is 1. The van der Waals surface area contributed by atoms with E-state index in [9.17, 15) is 14.7 Å². The molecule has 5 rings (SSSR count). The lowest BCUT2D eigenvalue weighted by atomic mass is 9.95. The zero-order valence-electron chi connectivity index (χ0n) is 19.7. The Kier molecular flexibility index (Phi) is 6.63. The third kappa shape index (κ3) is 4.58. The lowest BCUT2D eigenvalue weighted by Crippen LogP contribution is -2.36. The number of Topliss-reactive ketones (excluding diaryl/α,β-unsaturated/α-hetero) is 1. The monoisotopic (exact) mass is 479 g/mol. The summed E-state index contributed by atoms with van der Waals surface area (Å²) in [6.07, 6.45) is 2.48. The average Bonchev–Trinajstić information content (AvgIpc) is 3.49. The van der Waals surface area contributed by atoms with Crippen LogP contribution < -0.4 is 14.2 Å². The molecule has 2 fully saturated rings. The van der Waals surface area contributed by atoms with Gasteiger partial charge in [-0.25, -0.2) is 0 Å². The number of hydrogen-bond acceptors (Lipinski definition) is 7. The molecule has 2 aromatic rings. The fourth-order valence-electron chi connectivity index (χ4n) is 4.74. The molecule has 3 aliphatic rings. The van der Waals surface area contributed by atoms with Crippen LogP contribution in [0.1, 0.15) is 43.4 Å². The van der Waals surface area contributed by atoms with E-state index in [1.165, 1.54) is 4.90 Å². The van der Waals surface area contributed by atoms with Gasteiger partial charge in [0.2, 0.25) is 0 Å². The fraction of sp³-hybridized carbons (Fsp3) is 0.407. The average molecular weight is 480 g/mol. The number of ether oxygens (including phenoxy) is 4. The minimum absolute atomic E-state index is 0.0481. The van der Waals surface area contributed by atoms with E-state index in [-0.39, 0.29) is 24.0 Å². The molecule has 3 heterocycles. The van der Waals surface area contributed by atoms with Crippen molar-refractivity contribution >= 4 is 17.4 Å². The van der Waals surface area contributed by atoms with Crippen molar-refractivity contribution < 1.29 is 33.6 Å². The molecule has 2 atom stereocenters. The summed E-state index contributed by atoms with van der Waals surface area (Å²) in [5.74, 6) is 0.168. The molecule has 2 saturated heterocycles. The molecule has 2 aromatic carbocycles. The maximum Gasteiger partial charge on any atom is 0.295 e. The van der Waals surface area contributed by atoms with Crippen LogP contribution in [0.25, 0.3) is 5.76 Å². The lowest BCUT2D eigenvalue weighted by Gasteiger charge is -2.27. The Labute approximate surface area is 204 Å². The van der Waals surface area contributed by atoms with Gasteiger partial charge in [0.15, 0.2) is 11.5 Å². The van der Waals surface area contributed by atoms with Crippen molar-refractivity contribution in [2.24, 2.45) is 0 Å². The lowest BCUT2D eigenvalue weighted by molar-refractivity contribution is -0.140. The molecule has 8 heteroatoms. The Morgan fingerprint density at radius 3 is 2.54 bits per heavy atom. The van der Waals surface area contributed by atoms with Crippen LogP contribution >= 0.6 is 0 Å². The number of likely N-dealkylation sites (tertiary alicyclic amines) is 1. The van der Waals surface area contributed by atoms with E-state index in [4.69, 9.17) is 18.9 Å². The SMILES string of the molecule is CCCOc1ccc(C2/C(=C(\O)c3ccc4c(c3)OCCO4)C(=O)C(=O)N2CC2CCCO2)cc1. The van der Waals surface area contributed by atoms with Crippen LogP contribution in [0.2, 0.25) is 0 Å². The number of hydrogen-bond donors (Lipinski definition) is 1. The molecule has 2 unspecified atom stereocenters. The van der Waals surface area contributed by atoms with Crippen molar-refractivity contribution in [3.8, 4) is 17.2 Å². The van der Waals surface area contributed by atoms with E-state index >= 15 is 0 Å². The summed E-state index contributed by atoms with van der Waals surface area (Å²) in [6, 6.07) is 11.6. The van der Waals surface area contributed by atoms with Crippen LogP contribution in [-0.4, -0.2) is 60.8 Å². The predicted molar refractivity (Wildman–Crippen MR) is 128 cm³/mol. The van der Waals surface area contributed by atoms with Gasteiger partial charge in [0.25, 0.3) is 11.7 Å². The molecule has 1 N–H and O–H groups in total. The molecular weight excluding hydrogens is 450 g/mol. The van der Waals surface area contributed by atoms with Crippen LogP contribution in [0.4, 0.5) is 0 Å². The van der Waals surface area contributed by atoms with Crippen molar-refractivity contribution in [3.63, 3.8) is 0 Å². The maximum atomic E-state index is 13.3. The zero-order chi connectivity index (χ0) is 24.4. The first kappa shape index (κ1) is 23.2. The van der Waals surface area contributed by atoms with Gasteiger partial charge in [0.05, 0.1) is 24.3 Å². The Morgan fingerprint density at radius 1 is 1.06 bits per heavy atom. The predicted octanol–water partition coefficient (Wildman–Crippen LogP) is 3.85. The van der Waals surface area contributed by atoms with Gasteiger partial charge in [0, 0.05) is 18.7 Å². The number of carbonyl (C=O) groups is 2. The van der Waals surface area contributed by atoms with Crippen molar-refractivity contribution in [1.29, 1.82) is 0 Å². The van der Waals surface area contributed by atoms with Crippen LogP contribution in [0, 0.1) is 0 Å². The van der Waals surface area contributed by atoms with E-state index in [2.05, 4.69) is 0 Å². The Balaban J connectivity index is 1.55. The standard InChI is InChI=1S/C27H29NO7/c1-2-11-32-19-8-5-17(6-9-19)24-23(26(30)27(31)28(24)16-20-4-3-12-33-20)25(29)18-7-10-21-22(15-18)35-14-13-34-21/h5-10,15,20,24,29H,2-4,11-14,16H2,1H3/b25-23+. The van der Waals surface area contributed by atoms with E-state index in [0.29, 0.717) is 54.8 Å². The molecule has 3 aliphatic heterocycles. The highest BCUT2D eigenvalue weighted by atomic mass is 16.6. The Morgan fingerprint density at radius 2 is 1.83 bits per heavy atom. The topological polar surface area (TPSA) is 94.5 Å². The first-order valence-corrected chi connectivity index (χ1v) is 12.1. The second-order valence-corrected chi connectivity index (χ2v) is 8.86. The van der Waals surface area contributed by atoms with Crippen molar-refractivity contribution in [2.75, 3.05) is 33.0 Å². The summed E-state index contributed by atoms with van der Waals surface area (Å²) >= 11 is 0. The molecule has 0 spiro atoms. The second-order valence-electron chi connectivity index (χ2n) is 8.86. The number of benzene rings is 2. The third-order valence-electron chi connectivity index (χ3n) is 6.45. The van der Waals surface area contributed by atoms with Gasteiger partial charge in [-0.05, 0) is 55.2 Å². The molecule has 1 amide bonds. The number of nitrogens with zero attached hydrogens (tertiary/aromatic N) is 1. The Bertz CT molecular complexity index is 1130. The number of carbonyl (C=O) groups excluding carboxylic acids is 2. The summed E-state index contributed by atoms with van der Waals surface area (Å²) in [5.41, 5.74) is 1.15. The van der Waals surface area contributed by atoms with Gasteiger partial charge >= 0.3 is 0 Å². The summed E-state index contributed by atoms with van der Waals surface area (Å²) in [7, 11) is 0. The minimum Gasteiger partial charge on any atom is -0.507 e. The first-order valence-electron chi connectivity index (χ1n) is 12.1. The molecular formula is C27H29NO7. The minimum atomic E-state index is -0.743. The van der Waals surface area contributed by atoms with Gasteiger partial charge in [-0.15, -0.1) is 0 Å². The molecule has 0 bridgehead atoms. The summed E-state index contributed by atoms with van der Waals surface area (Å²) in [6.45, 7) is 4.40. The third-order valence-corrected chi connectivity index (χ3v) is 6.45. The van der Waals surface area contributed by atoms with E-state index in [0.717, 1.165) is 19.3 Å². The van der Waals surface area contributed by atoms with Crippen molar-refractivity contribution in [3.05, 3.63) is 59.2 Å². The normalized spacial score (nSPS) is 23.1. The molecule has 35 heavy (non-hydrogen) atoms. The number of amides is 1. The summed E-state index contributed by atoms with van der Waals surface area (Å²) in [4.78, 5) is 27.9. The molecule has 0 aromatic heterocycles. The smallest absolute Gasteiger partial charge is 0.295 e. The number of ketones is 1. The Hall–Kier alpha value is -3.52. The van der Waals surface area contributed by atoms with Gasteiger partial charge in [-0.3, -0.25) is 9.59 Å². The van der Waals surface area contributed by atoms with Gasteiger partial charge in [-0.1, -0.05) is 19.1 Å². The van der Waals surface area contributed by atoms with Crippen LogP contribution in [0.3, 0.4) is 0 Å². The fourth-order valence-corrected chi connectivity index (χ4v) is 4.74. The molecule has 0 saturated carbocycles. The van der Waals surface area contributed by atoms with E-state index in [1.807, 2.05) is 31.2 Å².